The summed E-state index contributed by atoms with van der Waals surface area (Å²) in [5.41, 5.74) is 3.00. The third kappa shape index (κ3) is 4.67. The van der Waals surface area contributed by atoms with Crippen LogP contribution in [0, 0.1) is 6.92 Å². The van der Waals surface area contributed by atoms with Crippen LogP contribution in [0.1, 0.15) is 21.6 Å². The normalized spacial score (nSPS) is 10.6. The lowest BCUT2D eigenvalue weighted by Crippen LogP contribution is -2.00. The van der Waals surface area contributed by atoms with Gasteiger partial charge in [0, 0.05) is 23.5 Å². The summed E-state index contributed by atoms with van der Waals surface area (Å²) < 4.78 is 11.7. The number of rotatable bonds is 7. The maximum atomic E-state index is 11.5. The zero-order chi connectivity index (χ0) is 20.9. The van der Waals surface area contributed by atoms with E-state index >= 15 is 0 Å². The van der Waals surface area contributed by atoms with Gasteiger partial charge in [-0.15, -0.1) is 0 Å². The SMILES string of the molecule is Cc1cnc(-c2ccc(Oc3cc(OCc4ccccc4)cc(C(=O)O)c3)cc2)[nH]1. The highest BCUT2D eigenvalue weighted by Gasteiger charge is 2.10. The smallest absolute Gasteiger partial charge is 0.335 e. The number of carboxylic acids is 1. The summed E-state index contributed by atoms with van der Waals surface area (Å²) in [7, 11) is 0. The molecule has 0 aliphatic heterocycles. The van der Waals surface area contributed by atoms with Crippen molar-refractivity contribution in [3.8, 4) is 28.6 Å². The first-order chi connectivity index (χ1) is 14.6. The van der Waals surface area contributed by atoms with E-state index in [1.54, 1.807) is 12.3 Å². The van der Waals surface area contributed by atoms with Gasteiger partial charge in [0.05, 0.1) is 5.56 Å². The number of carboxylic acid groups (broad SMARTS) is 1. The molecule has 0 spiro atoms. The molecule has 0 aliphatic carbocycles. The molecule has 0 bridgehead atoms. The average Bonchev–Trinajstić information content (AvgIpc) is 3.20. The molecular formula is C24H20N2O4. The Morgan fingerprint density at radius 2 is 1.70 bits per heavy atom. The molecule has 0 radical (unpaired) electrons. The average molecular weight is 400 g/mol. The van der Waals surface area contributed by atoms with Gasteiger partial charge in [0.1, 0.15) is 29.7 Å². The van der Waals surface area contributed by atoms with Gasteiger partial charge in [0.15, 0.2) is 0 Å². The van der Waals surface area contributed by atoms with Gasteiger partial charge in [-0.2, -0.15) is 0 Å². The Hall–Kier alpha value is -4.06. The number of nitrogens with zero attached hydrogens (tertiary/aromatic N) is 1. The number of H-pyrrole nitrogens is 1. The van der Waals surface area contributed by atoms with E-state index in [1.165, 1.54) is 12.1 Å². The summed E-state index contributed by atoms with van der Waals surface area (Å²) in [6, 6.07) is 21.7. The number of hydrogen-bond donors (Lipinski definition) is 2. The second-order valence-corrected chi connectivity index (χ2v) is 6.81. The van der Waals surface area contributed by atoms with Crippen LogP contribution in [0.2, 0.25) is 0 Å². The number of aromatic nitrogens is 2. The Morgan fingerprint density at radius 3 is 2.37 bits per heavy atom. The van der Waals surface area contributed by atoms with E-state index in [0.717, 1.165) is 22.6 Å². The Morgan fingerprint density at radius 1 is 0.967 bits per heavy atom. The Kier molecular flexibility index (Phi) is 5.48. The minimum Gasteiger partial charge on any atom is -0.489 e. The number of ether oxygens (including phenoxy) is 2. The summed E-state index contributed by atoms with van der Waals surface area (Å²) in [6.07, 6.45) is 1.77. The Labute approximate surface area is 173 Å². The molecule has 2 N–H and O–H groups in total. The third-order valence-electron chi connectivity index (χ3n) is 4.44. The predicted octanol–water partition coefficient (Wildman–Crippen LogP) is 5.45. The second-order valence-electron chi connectivity index (χ2n) is 6.81. The summed E-state index contributed by atoms with van der Waals surface area (Å²) >= 11 is 0. The molecule has 0 fully saturated rings. The fraction of sp³-hybridized carbons (Fsp3) is 0.0833. The molecule has 0 unspecified atom stereocenters. The van der Waals surface area contributed by atoms with Crippen LogP contribution in [0.5, 0.6) is 17.2 Å². The first kappa shape index (κ1) is 19.3. The van der Waals surface area contributed by atoms with Crippen molar-refractivity contribution in [2.45, 2.75) is 13.5 Å². The Balaban J connectivity index is 1.52. The monoisotopic (exact) mass is 400 g/mol. The molecule has 1 aromatic heterocycles. The maximum absolute atomic E-state index is 11.5. The highest BCUT2D eigenvalue weighted by Crippen LogP contribution is 2.29. The van der Waals surface area contributed by atoms with E-state index in [4.69, 9.17) is 9.47 Å². The lowest BCUT2D eigenvalue weighted by molar-refractivity contribution is 0.0696. The molecule has 0 saturated carbocycles. The molecule has 0 atom stereocenters. The van der Waals surface area contributed by atoms with Crippen LogP contribution in [-0.2, 0) is 6.61 Å². The predicted molar refractivity (Wildman–Crippen MR) is 113 cm³/mol. The van der Waals surface area contributed by atoms with Crippen LogP contribution >= 0.6 is 0 Å². The second kappa shape index (κ2) is 8.53. The van der Waals surface area contributed by atoms with Crippen LogP contribution in [0.25, 0.3) is 11.4 Å². The third-order valence-corrected chi connectivity index (χ3v) is 4.44. The molecule has 3 aromatic carbocycles. The van der Waals surface area contributed by atoms with Crippen molar-refractivity contribution in [3.63, 3.8) is 0 Å². The van der Waals surface area contributed by atoms with Gasteiger partial charge in [-0.3, -0.25) is 0 Å². The van der Waals surface area contributed by atoms with Crippen molar-refractivity contribution in [2.24, 2.45) is 0 Å². The fourth-order valence-corrected chi connectivity index (χ4v) is 2.95. The first-order valence-electron chi connectivity index (χ1n) is 9.42. The van der Waals surface area contributed by atoms with Crippen molar-refractivity contribution in [1.82, 2.24) is 9.97 Å². The molecule has 6 heteroatoms. The number of benzene rings is 3. The number of hydrogen-bond acceptors (Lipinski definition) is 4. The minimum absolute atomic E-state index is 0.0956. The summed E-state index contributed by atoms with van der Waals surface area (Å²) in [5.74, 6) is 1.13. The van der Waals surface area contributed by atoms with Crippen molar-refractivity contribution in [3.05, 3.63) is 95.8 Å². The number of imidazole rings is 1. The zero-order valence-corrected chi connectivity index (χ0v) is 16.3. The highest BCUT2D eigenvalue weighted by atomic mass is 16.5. The molecule has 4 aromatic rings. The standard InChI is InChI=1S/C24H20N2O4/c1-16-14-25-23(26-16)18-7-9-20(10-8-18)30-22-12-19(24(27)28)11-21(13-22)29-15-17-5-3-2-4-6-17/h2-14H,15H2,1H3,(H,25,26)(H,27,28). The van der Waals surface area contributed by atoms with Crippen molar-refractivity contribution in [1.29, 1.82) is 0 Å². The van der Waals surface area contributed by atoms with E-state index < -0.39 is 5.97 Å². The number of carbonyl (C=O) groups is 1. The molecule has 1 heterocycles. The van der Waals surface area contributed by atoms with Crippen molar-refractivity contribution in [2.75, 3.05) is 0 Å². The molecule has 4 rings (SSSR count). The zero-order valence-electron chi connectivity index (χ0n) is 16.3. The lowest BCUT2D eigenvalue weighted by atomic mass is 10.2. The number of aromatic carboxylic acids is 1. The van der Waals surface area contributed by atoms with Crippen LogP contribution in [0.15, 0.2) is 79.0 Å². The van der Waals surface area contributed by atoms with Crippen LogP contribution < -0.4 is 9.47 Å². The van der Waals surface area contributed by atoms with Crippen LogP contribution in [-0.4, -0.2) is 21.0 Å². The van der Waals surface area contributed by atoms with Gasteiger partial charge in [-0.1, -0.05) is 30.3 Å². The molecule has 6 nitrogen and oxygen atoms in total. The number of aromatic amines is 1. The first-order valence-corrected chi connectivity index (χ1v) is 9.42. The highest BCUT2D eigenvalue weighted by molar-refractivity contribution is 5.88. The van der Waals surface area contributed by atoms with Gasteiger partial charge in [-0.25, -0.2) is 9.78 Å². The maximum Gasteiger partial charge on any atom is 0.335 e. The quantitative estimate of drug-likeness (QED) is 0.431. The fourth-order valence-electron chi connectivity index (χ4n) is 2.95. The van der Waals surface area contributed by atoms with Gasteiger partial charge in [0.2, 0.25) is 0 Å². The van der Waals surface area contributed by atoms with Crippen LogP contribution in [0.3, 0.4) is 0 Å². The van der Waals surface area contributed by atoms with E-state index in [9.17, 15) is 9.90 Å². The molecule has 30 heavy (non-hydrogen) atoms. The van der Waals surface area contributed by atoms with E-state index in [1.807, 2.05) is 61.5 Å². The van der Waals surface area contributed by atoms with Gasteiger partial charge >= 0.3 is 5.97 Å². The summed E-state index contributed by atoms with van der Waals surface area (Å²) in [4.78, 5) is 19.0. The van der Waals surface area contributed by atoms with Crippen molar-refractivity contribution < 1.29 is 19.4 Å². The molecule has 0 saturated heterocycles. The summed E-state index contributed by atoms with van der Waals surface area (Å²) in [5, 5.41) is 9.43. The topological polar surface area (TPSA) is 84.4 Å². The van der Waals surface area contributed by atoms with Crippen LogP contribution in [0.4, 0.5) is 0 Å². The summed E-state index contributed by atoms with van der Waals surface area (Å²) in [6.45, 7) is 2.28. The van der Waals surface area contributed by atoms with Gasteiger partial charge in [0.25, 0.3) is 0 Å². The van der Waals surface area contributed by atoms with E-state index in [2.05, 4.69) is 9.97 Å². The lowest BCUT2D eigenvalue weighted by Gasteiger charge is -2.11. The molecular weight excluding hydrogens is 380 g/mol. The van der Waals surface area contributed by atoms with E-state index in [-0.39, 0.29) is 5.56 Å². The minimum atomic E-state index is -1.05. The number of nitrogens with one attached hydrogen (secondary N) is 1. The van der Waals surface area contributed by atoms with Crippen molar-refractivity contribution >= 4 is 5.97 Å². The molecule has 0 aliphatic rings. The van der Waals surface area contributed by atoms with Gasteiger partial charge in [-0.05, 0) is 48.9 Å². The number of aryl methyl sites for hydroxylation is 1. The Bertz CT molecular complexity index is 1150. The molecule has 0 amide bonds. The largest absolute Gasteiger partial charge is 0.489 e. The van der Waals surface area contributed by atoms with Gasteiger partial charge < -0.3 is 19.6 Å². The molecule has 150 valence electrons. The van der Waals surface area contributed by atoms with E-state index in [0.29, 0.717) is 23.9 Å².